The third-order valence-electron chi connectivity index (χ3n) is 2.14. The standard InChI is InChI=1S/C10H12N2O3S3/c1-7-3-4-16-8(7)9-11-12-10(15-9)17-5-6-18(2,13)14/h3-4H,5-6H2,1-2H3. The molecule has 0 unspecified atom stereocenters. The highest BCUT2D eigenvalue weighted by Crippen LogP contribution is 2.29. The van der Waals surface area contributed by atoms with Gasteiger partial charge in [0.05, 0.1) is 10.6 Å². The third-order valence-corrected chi connectivity index (χ3v) is 5.17. The van der Waals surface area contributed by atoms with Crippen LogP contribution in [0.5, 0.6) is 0 Å². The van der Waals surface area contributed by atoms with E-state index in [1.807, 2.05) is 18.4 Å². The summed E-state index contributed by atoms with van der Waals surface area (Å²) >= 11 is 2.80. The van der Waals surface area contributed by atoms with Crippen LogP contribution in [-0.2, 0) is 9.84 Å². The SMILES string of the molecule is Cc1ccsc1-c1nnc(SCCS(C)(=O)=O)o1. The van der Waals surface area contributed by atoms with Gasteiger partial charge >= 0.3 is 0 Å². The van der Waals surface area contributed by atoms with Crippen LogP contribution in [0.4, 0.5) is 0 Å². The molecule has 0 N–H and O–H groups in total. The molecule has 0 fully saturated rings. The van der Waals surface area contributed by atoms with Crippen LogP contribution in [0.25, 0.3) is 10.8 Å². The minimum atomic E-state index is -2.95. The zero-order chi connectivity index (χ0) is 13.2. The van der Waals surface area contributed by atoms with Gasteiger partial charge in [-0.15, -0.1) is 21.5 Å². The van der Waals surface area contributed by atoms with Gasteiger partial charge in [0.1, 0.15) is 9.84 Å². The second-order valence-corrected chi connectivity index (χ2v) is 8.01. The number of aromatic nitrogens is 2. The van der Waals surface area contributed by atoms with Crippen molar-refractivity contribution in [3.05, 3.63) is 17.0 Å². The predicted octanol–water partition coefficient (Wildman–Crippen LogP) is 2.24. The number of rotatable bonds is 5. The average Bonchev–Trinajstić information content (AvgIpc) is 2.84. The summed E-state index contributed by atoms with van der Waals surface area (Å²) in [4.78, 5) is 0.956. The first kappa shape index (κ1) is 13.6. The molecule has 18 heavy (non-hydrogen) atoms. The Balaban J connectivity index is 2.01. The maximum Gasteiger partial charge on any atom is 0.276 e. The van der Waals surface area contributed by atoms with Crippen molar-refractivity contribution in [1.29, 1.82) is 0 Å². The summed E-state index contributed by atoms with van der Waals surface area (Å²) < 4.78 is 27.4. The lowest BCUT2D eigenvalue weighted by molar-refractivity contribution is 0.467. The normalized spacial score (nSPS) is 11.9. The minimum absolute atomic E-state index is 0.105. The number of thioether (sulfide) groups is 1. The lowest BCUT2D eigenvalue weighted by Gasteiger charge is -1.94. The molecule has 0 saturated heterocycles. The van der Waals surface area contributed by atoms with Gasteiger partial charge in [0.15, 0.2) is 0 Å². The molecule has 0 aliphatic rings. The summed E-state index contributed by atoms with van der Waals surface area (Å²) in [6.45, 7) is 1.98. The molecule has 0 aliphatic carbocycles. The number of hydrogen-bond donors (Lipinski definition) is 0. The summed E-state index contributed by atoms with van der Waals surface area (Å²) in [7, 11) is -2.95. The van der Waals surface area contributed by atoms with Crippen molar-refractivity contribution in [2.45, 2.75) is 12.1 Å². The average molecular weight is 304 g/mol. The molecule has 2 aromatic heterocycles. The Morgan fingerprint density at radius 1 is 1.44 bits per heavy atom. The van der Waals surface area contributed by atoms with Gasteiger partial charge in [0.25, 0.3) is 11.1 Å². The summed E-state index contributed by atoms with van der Waals surface area (Å²) in [6.07, 6.45) is 1.21. The summed E-state index contributed by atoms with van der Waals surface area (Å²) in [5.74, 6) is 1.02. The van der Waals surface area contributed by atoms with Gasteiger partial charge < -0.3 is 4.42 Å². The lowest BCUT2D eigenvalue weighted by atomic mass is 10.3. The predicted molar refractivity (Wildman–Crippen MR) is 72.8 cm³/mol. The Kier molecular flexibility index (Phi) is 4.08. The molecule has 0 aromatic carbocycles. The Morgan fingerprint density at radius 2 is 2.22 bits per heavy atom. The molecule has 2 aromatic rings. The first-order valence-corrected chi connectivity index (χ1v) is 9.07. The summed E-state index contributed by atoms with van der Waals surface area (Å²) in [6, 6.07) is 1.99. The molecule has 5 nitrogen and oxygen atoms in total. The molecule has 0 spiro atoms. The van der Waals surface area contributed by atoms with Crippen LogP contribution in [0.15, 0.2) is 21.1 Å². The maximum absolute atomic E-state index is 11.0. The molecule has 0 bridgehead atoms. The van der Waals surface area contributed by atoms with Crippen molar-refractivity contribution in [2.24, 2.45) is 0 Å². The van der Waals surface area contributed by atoms with E-state index in [1.54, 1.807) is 11.3 Å². The van der Waals surface area contributed by atoms with Crippen LogP contribution in [0.2, 0.25) is 0 Å². The van der Waals surface area contributed by atoms with Crippen molar-refractivity contribution in [1.82, 2.24) is 10.2 Å². The molecule has 0 amide bonds. The number of aryl methyl sites for hydroxylation is 1. The van der Waals surface area contributed by atoms with Gasteiger partial charge in [-0.25, -0.2) is 8.42 Å². The van der Waals surface area contributed by atoms with Crippen LogP contribution < -0.4 is 0 Å². The van der Waals surface area contributed by atoms with E-state index in [1.165, 1.54) is 18.0 Å². The second kappa shape index (κ2) is 5.41. The van der Waals surface area contributed by atoms with E-state index in [-0.39, 0.29) is 5.75 Å². The molecule has 98 valence electrons. The van der Waals surface area contributed by atoms with E-state index >= 15 is 0 Å². The third kappa shape index (κ3) is 3.56. The Morgan fingerprint density at radius 3 is 2.83 bits per heavy atom. The van der Waals surface area contributed by atoms with Crippen LogP contribution in [0, 0.1) is 6.92 Å². The Bertz CT molecular complexity index is 630. The molecular formula is C10H12N2O3S3. The minimum Gasteiger partial charge on any atom is -0.410 e. The zero-order valence-electron chi connectivity index (χ0n) is 9.91. The summed E-state index contributed by atoms with van der Waals surface area (Å²) in [5, 5.41) is 10.2. The van der Waals surface area contributed by atoms with Gasteiger partial charge in [0.2, 0.25) is 0 Å². The second-order valence-electron chi connectivity index (χ2n) is 3.78. The molecular weight excluding hydrogens is 292 g/mol. The molecule has 0 radical (unpaired) electrons. The van der Waals surface area contributed by atoms with Crippen molar-refractivity contribution in [2.75, 3.05) is 17.8 Å². The molecule has 0 saturated carbocycles. The largest absolute Gasteiger partial charge is 0.410 e. The number of thiophene rings is 1. The van der Waals surface area contributed by atoms with E-state index in [0.717, 1.165) is 10.4 Å². The summed E-state index contributed by atoms with van der Waals surface area (Å²) in [5.41, 5.74) is 1.09. The van der Waals surface area contributed by atoms with E-state index in [0.29, 0.717) is 16.9 Å². The Labute approximate surface area is 114 Å². The van der Waals surface area contributed by atoms with Crippen molar-refractivity contribution < 1.29 is 12.8 Å². The molecule has 2 heterocycles. The molecule has 2 rings (SSSR count). The quantitative estimate of drug-likeness (QED) is 0.789. The highest BCUT2D eigenvalue weighted by Gasteiger charge is 2.13. The van der Waals surface area contributed by atoms with Gasteiger partial charge in [0, 0.05) is 12.0 Å². The smallest absolute Gasteiger partial charge is 0.276 e. The first-order chi connectivity index (χ1) is 8.46. The fourth-order valence-electron chi connectivity index (χ4n) is 1.23. The molecule has 0 aliphatic heterocycles. The molecule has 0 atom stereocenters. The molecule has 8 heteroatoms. The first-order valence-electron chi connectivity index (χ1n) is 5.14. The van der Waals surface area contributed by atoms with Crippen LogP contribution in [-0.4, -0.2) is 36.4 Å². The van der Waals surface area contributed by atoms with Crippen LogP contribution in [0.1, 0.15) is 5.56 Å². The van der Waals surface area contributed by atoms with E-state index < -0.39 is 9.84 Å². The number of nitrogens with zero attached hydrogens (tertiary/aromatic N) is 2. The number of sulfone groups is 1. The topological polar surface area (TPSA) is 73.1 Å². The van der Waals surface area contributed by atoms with Crippen molar-refractivity contribution >= 4 is 32.9 Å². The fraction of sp³-hybridized carbons (Fsp3) is 0.400. The lowest BCUT2D eigenvalue weighted by Crippen LogP contribution is -2.04. The highest BCUT2D eigenvalue weighted by atomic mass is 32.2. The van der Waals surface area contributed by atoms with E-state index in [2.05, 4.69) is 10.2 Å². The highest BCUT2D eigenvalue weighted by molar-refractivity contribution is 8.00. The fourth-order valence-corrected chi connectivity index (χ4v) is 4.03. The van der Waals surface area contributed by atoms with Crippen molar-refractivity contribution in [3.8, 4) is 10.8 Å². The van der Waals surface area contributed by atoms with Crippen LogP contribution in [0.3, 0.4) is 0 Å². The van der Waals surface area contributed by atoms with Crippen molar-refractivity contribution in [3.63, 3.8) is 0 Å². The van der Waals surface area contributed by atoms with Gasteiger partial charge in [-0.05, 0) is 23.9 Å². The Hall–Kier alpha value is -0.860. The zero-order valence-corrected chi connectivity index (χ0v) is 12.4. The van der Waals surface area contributed by atoms with Crippen LogP contribution >= 0.6 is 23.1 Å². The van der Waals surface area contributed by atoms with Gasteiger partial charge in [-0.1, -0.05) is 11.8 Å². The number of hydrogen-bond acceptors (Lipinski definition) is 7. The van der Waals surface area contributed by atoms with E-state index in [9.17, 15) is 8.42 Å². The maximum atomic E-state index is 11.0. The monoisotopic (exact) mass is 304 g/mol. The van der Waals surface area contributed by atoms with Gasteiger partial charge in [-0.2, -0.15) is 0 Å². The van der Waals surface area contributed by atoms with Gasteiger partial charge in [-0.3, -0.25) is 0 Å². The van der Waals surface area contributed by atoms with E-state index in [4.69, 9.17) is 4.42 Å².